The Hall–Kier alpha value is -3.47. The Morgan fingerprint density at radius 3 is 2.50 bits per heavy atom. The zero-order valence-corrected chi connectivity index (χ0v) is 17.3. The van der Waals surface area contributed by atoms with Crippen molar-refractivity contribution in [1.82, 2.24) is 4.98 Å². The number of carbonyl (C=O) groups is 2. The molecule has 1 aliphatic heterocycles. The quantitative estimate of drug-likeness (QED) is 0.668. The molecule has 3 aromatic rings. The minimum Gasteiger partial charge on any atom is -0.322 e. The normalized spacial score (nSPS) is 13.1. The van der Waals surface area contributed by atoms with Crippen molar-refractivity contribution in [3.05, 3.63) is 89.2 Å². The summed E-state index contributed by atoms with van der Waals surface area (Å²) in [6.45, 7) is 4.92. The first-order valence-corrected chi connectivity index (χ1v) is 10.3. The molecule has 0 aliphatic carbocycles. The van der Waals surface area contributed by atoms with Crippen LogP contribution in [-0.4, -0.2) is 23.3 Å². The van der Waals surface area contributed by atoms with E-state index in [0.29, 0.717) is 29.3 Å². The van der Waals surface area contributed by atoms with Crippen LogP contribution in [0.4, 0.5) is 11.4 Å². The predicted octanol–water partition coefficient (Wildman–Crippen LogP) is 5.05. The third-order valence-corrected chi connectivity index (χ3v) is 5.44. The monoisotopic (exact) mass is 399 g/mol. The molecule has 2 aromatic carbocycles. The number of hydrogen-bond acceptors (Lipinski definition) is 3. The second-order valence-electron chi connectivity index (χ2n) is 7.88. The smallest absolute Gasteiger partial charge is 0.259 e. The third-order valence-electron chi connectivity index (χ3n) is 5.44. The van der Waals surface area contributed by atoms with Gasteiger partial charge in [0.15, 0.2) is 0 Å². The zero-order chi connectivity index (χ0) is 21.1. The second kappa shape index (κ2) is 8.49. The molecule has 0 bridgehead atoms. The van der Waals surface area contributed by atoms with Crippen LogP contribution in [0.15, 0.2) is 67.0 Å². The van der Waals surface area contributed by atoms with Crippen molar-refractivity contribution in [3.63, 3.8) is 0 Å². The lowest BCUT2D eigenvalue weighted by Crippen LogP contribution is -2.35. The highest BCUT2D eigenvalue weighted by molar-refractivity contribution is 6.09. The Labute approximate surface area is 176 Å². The van der Waals surface area contributed by atoms with Crippen molar-refractivity contribution in [2.24, 2.45) is 0 Å². The Bertz CT molecular complexity index is 1070. The fraction of sp³-hybridized carbons (Fsp3) is 0.240. The van der Waals surface area contributed by atoms with Crippen molar-refractivity contribution >= 4 is 23.2 Å². The van der Waals surface area contributed by atoms with Gasteiger partial charge in [0.1, 0.15) is 0 Å². The van der Waals surface area contributed by atoms with E-state index in [0.717, 1.165) is 18.5 Å². The highest BCUT2D eigenvalue weighted by Crippen LogP contribution is 2.28. The minimum atomic E-state index is -0.284. The van der Waals surface area contributed by atoms with Crippen LogP contribution in [0, 0.1) is 0 Å². The molecule has 1 N–H and O–H groups in total. The van der Waals surface area contributed by atoms with Crippen LogP contribution in [0.25, 0.3) is 0 Å². The number of amides is 2. The van der Waals surface area contributed by atoms with Gasteiger partial charge in [-0.2, -0.15) is 0 Å². The highest BCUT2D eigenvalue weighted by atomic mass is 16.2. The first-order chi connectivity index (χ1) is 14.5. The molecule has 152 valence electrons. The summed E-state index contributed by atoms with van der Waals surface area (Å²) in [4.78, 5) is 31.8. The number of rotatable bonds is 4. The summed E-state index contributed by atoms with van der Waals surface area (Å²) in [5.74, 6) is 0.0145. The van der Waals surface area contributed by atoms with Gasteiger partial charge in [-0.15, -0.1) is 0 Å². The molecule has 0 atom stereocenters. The molecular formula is C25H25N3O2. The Morgan fingerprint density at radius 1 is 1.00 bits per heavy atom. The lowest BCUT2D eigenvalue weighted by molar-refractivity contribution is 0.0984. The Balaban J connectivity index is 1.52. The van der Waals surface area contributed by atoms with Gasteiger partial charge in [-0.05, 0) is 54.2 Å². The summed E-state index contributed by atoms with van der Waals surface area (Å²) in [7, 11) is 0. The molecule has 5 nitrogen and oxygen atoms in total. The summed E-state index contributed by atoms with van der Waals surface area (Å²) in [6, 6.07) is 17.4. The van der Waals surface area contributed by atoms with Crippen molar-refractivity contribution in [1.29, 1.82) is 0 Å². The van der Waals surface area contributed by atoms with Gasteiger partial charge in [0.2, 0.25) is 0 Å². The summed E-state index contributed by atoms with van der Waals surface area (Å²) < 4.78 is 0. The van der Waals surface area contributed by atoms with E-state index in [1.165, 1.54) is 23.5 Å². The molecule has 30 heavy (non-hydrogen) atoms. The fourth-order valence-electron chi connectivity index (χ4n) is 3.74. The second-order valence-corrected chi connectivity index (χ2v) is 7.88. The van der Waals surface area contributed by atoms with Crippen LogP contribution < -0.4 is 10.2 Å². The molecule has 0 radical (unpaired) electrons. The average molecular weight is 399 g/mol. The molecule has 0 spiro atoms. The van der Waals surface area contributed by atoms with E-state index in [-0.39, 0.29) is 11.8 Å². The van der Waals surface area contributed by atoms with Crippen molar-refractivity contribution in [2.45, 2.75) is 32.6 Å². The van der Waals surface area contributed by atoms with Crippen LogP contribution in [0.5, 0.6) is 0 Å². The summed E-state index contributed by atoms with van der Waals surface area (Å²) in [5.41, 5.74) is 4.81. The SMILES string of the molecule is CC(C)c1ccc(NC(=O)c2cncc(C(=O)N3CCCc4ccccc43)c2)cc1. The maximum absolute atomic E-state index is 13.2. The summed E-state index contributed by atoms with van der Waals surface area (Å²) >= 11 is 0. The average Bonchev–Trinajstić information content (AvgIpc) is 2.78. The number of nitrogens with one attached hydrogen (secondary N) is 1. The molecule has 0 unspecified atom stereocenters. The van der Waals surface area contributed by atoms with Crippen LogP contribution in [0.3, 0.4) is 0 Å². The van der Waals surface area contributed by atoms with E-state index in [2.05, 4.69) is 30.2 Å². The summed E-state index contributed by atoms with van der Waals surface area (Å²) in [5, 5.41) is 2.88. The highest BCUT2D eigenvalue weighted by Gasteiger charge is 2.24. The maximum atomic E-state index is 13.2. The molecule has 0 saturated heterocycles. The number of anilines is 2. The number of aryl methyl sites for hydroxylation is 1. The van der Waals surface area contributed by atoms with E-state index >= 15 is 0 Å². The molecule has 5 heteroatoms. The van der Waals surface area contributed by atoms with E-state index in [1.54, 1.807) is 11.0 Å². The van der Waals surface area contributed by atoms with E-state index in [1.807, 2.05) is 42.5 Å². The first-order valence-electron chi connectivity index (χ1n) is 10.3. The van der Waals surface area contributed by atoms with Gasteiger partial charge in [0.25, 0.3) is 11.8 Å². The number of para-hydroxylation sites is 1. The van der Waals surface area contributed by atoms with Gasteiger partial charge >= 0.3 is 0 Å². The standard InChI is InChI=1S/C25H25N3O2/c1-17(2)18-9-11-22(12-10-18)27-24(29)20-14-21(16-26-15-20)25(30)28-13-5-7-19-6-3-4-8-23(19)28/h3-4,6,8-12,14-17H,5,7,13H2,1-2H3,(H,27,29). The van der Waals surface area contributed by atoms with E-state index in [9.17, 15) is 9.59 Å². The molecular weight excluding hydrogens is 374 g/mol. The predicted molar refractivity (Wildman–Crippen MR) is 119 cm³/mol. The van der Waals surface area contributed by atoms with Crippen molar-refractivity contribution in [3.8, 4) is 0 Å². The van der Waals surface area contributed by atoms with Gasteiger partial charge in [0.05, 0.1) is 11.1 Å². The lowest BCUT2D eigenvalue weighted by Gasteiger charge is -2.29. The first kappa shape index (κ1) is 19.8. The van der Waals surface area contributed by atoms with Crippen LogP contribution >= 0.6 is 0 Å². The maximum Gasteiger partial charge on any atom is 0.259 e. The molecule has 0 saturated carbocycles. The van der Waals surface area contributed by atoms with Gasteiger partial charge in [-0.1, -0.05) is 44.2 Å². The zero-order valence-electron chi connectivity index (χ0n) is 17.3. The van der Waals surface area contributed by atoms with Crippen LogP contribution in [-0.2, 0) is 6.42 Å². The number of hydrogen-bond donors (Lipinski definition) is 1. The molecule has 2 heterocycles. The fourth-order valence-corrected chi connectivity index (χ4v) is 3.74. The molecule has 2 amide bonds. The summed E-state index contributed by atoms with van der Waals surface area (Å²) in [6.07, 6.45) is 4.89. The van der Waals surface area contributed by atoms with Gasteiger partial charge in [-0.25, -0.2) is 0 Å². The Kier molecular flexibility index (Phi) is 5.61. The van der Waals surface area contributed by atoms with Gasteiger partial charge in [0, 0.05) is 30.3 Å². The van der Waals surface area contributed by atoms with E-state index < -0.39 is 0 Å². The number of benzene rings is 2. The third kappa shape index (κ3) is 4.10. The minimum absolute atomic E-state index is 0.134. The number of fused-ring (bicyclic) bond motifs is 1. The Morgan fingerprint density at radius 2 is 1.73 bits per heavy atom. The molecule has 4 rings (SSSR count). The number of pyridine rings is 1. The largest absolute Gasteiger partial charge is 0.322 e. The van der Waals surface area contributed by atoms with Gasteiger partial charge in [-0.3, -0.25) is 14.6 Å². The van der Waals surface area contributed by atoms with Crippen LogP contribution in [0.2, 0.25) is 0 Å². The van der Waals surface area contributed by atoms with Crippen LogP contribution in [0.1, 0.15) is 58.0 Å². The molecule has 1 aliphatic rings. The topological polar surface area (TPSA) is 62.3 Å². The van der Waals surface area contributed by atoms with Crippen molar-refractivity contribution < 1.29 is 9.59 Å². The molecule has 1 aromatic heterocycles. The number of aromatic nitrogens is 1. The van der Waals surface area contributed by atoms with Crippen molar-refractivity contribution in [2.75, 3.05) is 16.8 Å². The lowest BCUT2D eigenvalue weighted by atomic mass is 10.0. The number of nitrogens with zero attached hydrogens (tertiary/aromatic N) is 2. The number of carbonyl (C=O) groups excluding carboxylic acids is 2. The van der Waals surface area contributed by atoms with E-state index in [4.69, 9.17) is 0 Å². The molecule has 0 fully saturated rings. The van der Waals surface area contributed by atoms with Gasteiger partial charge < -0.3 is 10.2 Å².